The van der Waals surface area contributed by atoms with Crippen molar-refractivity contribution in [2.24, 2.45) is 0 Å². The maximum absolute atomic E-state index is 13.0. The maximum Gasteiger partial charge on any atom is 0.416 e. The topological polar surface area (TPSA) is 51.1 Å². The van der Waals surface area contributed by atoms with Crippen LogP contribution in [0.3, 0.4) is 0 Å². The Morgan fingerprint density at radius 1 is 1.00 bits per heavy atom. The Balaban J connectivity index is 1.83. The Hall–Kier alpha value is -3.35. The molecule has 1 heterocycles. The van der Waals surface area contributed by atoms with Gasteiger partial charge < -0.3 is 5.32 Å². The second kappa shape index (κ2) is 8.57. The maximum atomic E-state index is 13.0. The number of amides is 1. The molecule has 0 radical (unpaired) electrons. The van der Waals surface area contributed by atoms with E-state index in [-0.39, 0.29) is 11.3 Å². The molecule has 1 aromatic heterocycles. The number of halogens is 3. The molecule has 30 heavy (non-hydrogen) atoms. The van der Waals surface area contributed by atoms with Gasteiger partial charge in [0.05, 0.1) is 5.56 Å². The number of aryl methyl sites for hydroxylation is 2. The van der Waals surface area contributed by atoms with E-state index in [0.29, 0.717) is 18.7 Å². The number of hydrogen-bond acceptors (Lipinski definition) is 2. The molecule has 0 aliphatic carbocycles. The van der Waals surface area contributed by atoms with E-state index in [0.717, 1.165) is 27.8 Å². The minimum Gasteiger partial charge on any atom is -0.352 e. The molecule has 1 N–H and O–H groups in total. The zero-order valence-corrected chi connectivity index (χ0v) is 16.6. The van der Waals surface area contributed by atoms with Gasteiger partial charge in [0.15, 0.2) is 0 Å². The summed E-state index contributed by atoms with van der Waals surface area (Å²) in [5, 5.41) is 2.70. The van der Waals surface area contributed by atoms with Gasteiger partial charge in [-0.25, -0.2) is 0 Å². The van der Waals surface area contributed by atoms with Gasteiger partial charge in [-0.2, -0.15) is 13.2 Å². The standard InChI is InChI=1S/C23H21F3N2O2/c1-15-6-9-17(10-7-15)12-13-27-21(29)20-11-8-16(2)28(22(20)30)19-5-3-4-18(14-19)23(24,25)26/h3-11,14H,12-13H2,1-2H3,(H,27,29). The Bertz CT molecular complexity index is 1120. The van der Waals surface area contributed by atoms with Crippen molar-refractivity contribution in [3.63, 3.8) is 0 Å². The zero-order chi connectivity index (χ0) is 21.9. The van der Waals surface area contributed by atoms with Crippen molar-refractivity contribution in [1.82, 2.24) is 9.88 Å². The molecule has 2 aromatic carbocycles. The molecule has 0 atom stereocenters. The van der Waals surface area contributed by atoms with Crippen molar-refractivity contribution in [3.8, 4) is 5.69 Å². The van der Waals surface area contributed by atoms with Crippen molar-refractivity contribution >= 4 is 5.91 Å². The average Bonchev–Trinajstić information content (AvgIpc) is 2.69. The van der Waals surface area contributed by atoms with E-state index in [4.69, 9.17) is 0 Å². The van der Waals surface area contributed by atoms with Crippen LogP contribution in [0.15, 0.2) is 65.5 Å². The molecular weight excluding hydrogens is 393 g/mol. The van der Waals surface area contributed by atoms with Crippen LogP contribution in [0.4, 0.5) is 13.2 Å². The highest BCUT2D eigenvalue weighted by atomic mass is 19.4. The lowest BCUT2D eigenvalue weighted by Gasteiger charge is -2.14. The van der Waals surface area contributed by atoms with Gasteiger partial charge in [0, 0.05) is 17.9 Å². The summed E-state index contributed by atoms with van der Waals surface area (Å²) >= 11 is 0. The number of nitrogens with zero attached hydrogens (tertiary/aromatic N) is 1. The molecule has 0 fully saturated rings. The van der Waals surface area contributed by atoms with Crippen LogP contribution in [-0.4, -0.2) is 17.0 Å². The number of pyridine rings is 1. The molecule has 156 valence electrons. The molecule has 0 saturated heterocycles. The summed E-state index contributed by atoms with van der Waals surface area (Å²) in [6, 6.07) is 15.3. The van der Waals surface area contributed by atoms with Gasteiger partial charge in [0.2, 0.25) is 0 Å². The normalized spacial score (nSPS) is 11.4. The van der Waals surface area contributed by atoms with E-state index >= 15 is 0 Å². The third kappa shape index (κ3) is 4.79. The number of aromatic nitrogens is 1. The quantitative estimate of drug-likeness (QED) is 0.671. The van der Waals surface area contributed by atoms with Gasteiger partial charge in [0.1, 0.15) is 5.56 Å². The lowest BCUT2D eigenvalue weighted by atomic mass is 10.1. The van der Waals surface area contributed by atoms with E-state index in [1.54, 1.807) is 6.92 Å². The van der Waals surface area contributed by atoms with Gasteiger partial charge in [-0.1, -0.05) is 35.9 Å². The van der Waals surface area contributed by atoms with Gasteiger partial charge >= 0.3 is 6.18 Å². The predicted molar refractivity (Wildman–Crippen MR) is 109 cm³/mol. The second-order valence-corrected chi connectivity index (χ2v) is 7.07. The van der Waals surface area contributed by atoms with Crippen molar-refractivity contribution in [1.29, 1.82) is 0 Å². The summed E-state index contributed by atoms with van der Waals surface area (Å²) in [7, 11) is 0. The SMILES string of the molecule is Cc1ccc(CCNC(=O)c2ccc(C)n(-c3cccc(C(F)(F)F)c3)c2=O)cc1. The van der Waals surface area contributed by atoms with Gasteiger partial charge in [-0.15, -0.1) is 0 Å². The Kier molecular flexibility index (Phi) is 6.10. The summed E-state index contributed by atoms with van der Waals surface area (Å²) in [6.45, 7) is 3.91. The smallest absolute Gasteiger partial charge is 0.352 e. The number of carbonyl (C=O) groups is 1. The molecule has 0 spiro atoms. The molecular formula is C23H21F3N2O2. The van der Waals surface area contributed by atoms with Crippen LogP contribution in [0.25, 0.3) is 5.69 Å². The third-order valence-electron chi connectivity index (χ3n) is 4.77. The predicted octanol–water partition coefficient (Wildman–Crippen LogP) is 4.45. The van der Waals surface area contributed by atoms with Gasteiger partial charge in [-0.05, 0) is 56.2 Å². The molecule has 0 aliphatic rings. The van der Waals surface area contributed by atoms with Crippen LogP contribution in [0.5, 0.6) is 0 Å². The number of benzene rings is 2. The molecule has 7 heteroatoms. The summed E-state index contributed by atoms with van der Waals surface area (Å²) in [5.41, 5.74) is 1.02. The minimum absolute atomic E-state index is 0.0571. The number of alkyl halides is 3. The van der Waals surface area contributed by atoms with E-state index in [9.17, 15) is 22.8 Å². The van der Waals surface area contributed by atoms with Gasteiger partial charge in [-0.3, -0.25) is 14.2 Å². The van der Waals surface area contributed by atoms with Crippen LogP contribution < -0.4 is 10.9 Å². The molecule has 0 bridgehead atoms. The van der Waals surface area contributed by atoms with Crippen LogP contribution in [0.1, 0.15) is 32.7 Å². The minimum atomic E-state index is -4.53. The fraction of sp³-hybridized carbons (Fsp3) is 0.217. The van der Waals surface area contributed by atoms with Crippen molar-refractivity contribution in [2.45, 2.75) is 26.4 Å². The average molecular weight is 414 g/mol. The van der Waals surface area contributed by atoms with E-state index in [1.165, 1.54) is 24.3 Å². The third-order valence-corrected chi connectivity index (χ3v) is 4.77. The highest BCUT2D eigenvalue weighted by Crippen LogP contribution is 2.30. The fourth-order valence-corrected chi connectivity index (χ4v) is 3.12. The summed E-state index contributed by atoms with van der Waals surface area (Å²) in [4.78, 5) is 25.4. The van der Waals surface area contributed by atoms with Crippen LogP contribution in [0.2, 0.25) is 0 Å². The Labute approximate surface area is 172 Å². The molecule has 0 aliphatic heterocycles. The van der Waals surface area contributed by atoms with Crippen LogP contribution in [-0.2, 0) is 12.6 Å². The Morgan fingerprint density at radius 2 is 1.70 bits per heavy atom. The number of carbonyl (C=O) groups excluding carboxylic acids is 1. The van der Waals surface area contributed by atoms with Crippen molar-refractivity contribution < 1.29 is 18.0 Å². The summed E-state index contributed by atoms with van der Waals surface area (Å²) < 4.78 is 40.2. The van der Waals surface area contributed by atoms with Crippen LogP contribution in [0, 0.1) is 13.8 Å². The lowest BCUT2D eigenvalue weighted by molar-refractivity contribution is -0.137. The number of rotatable bonds is 5. The fourth-order valence-electron chi connectivity index (χ4n) is 3.12. The lowest BCUT2D eigenvalue weighted by Crippen LogP contribution is -2.34. The molecule has 0 unspecified atom stereocenters. The van der Waals surface area contributed by atoms with E-state index < -0.39 is 23.2 Å². The molecule has 0 saturated carbocycles. The largest absolute Gasteiger partial charge is 0.416 e. The first-order valence-corrected chi connectivity index (χ1v) is 9.41. The molecule has 4 nitrogen and oxygen atoms in total. The van der Waals surface area contributed by atoms with Crippen LogP contribution >= 0.6 is 0 Å². The second-order valence-electron chi connectivity index (χ2n) is 7.07. The molecule has 3 rings (SSSR count). The first kappa shape index (κ1) is 21.4. The van der Waals surface area contributed by atoms with Gasteiger partial charge in [0.25, 0.3) is 11.5 Å². The van der Waals surface area contributed by atoms with Crippen molar-refractivity contribution in [3.05, 3.63) is 99.0 Å². The first-order valence-electron chi connectivity index (χ1n) is 9.41. The summed E-state index contributed by atoms with van der Waals surface area (Å²) in [6.07, 6.45) is -3.93. The Morgan fingerprint density at radius 3 is 2.37 bits per heavy atom. The molecule has 1 amide bonds. The monoisotopic (exact) mass is 414 g/mol. The van der Waals surface area contributed by atoms with Crippen molar-refractivity contribution in [2.75, 3.05) is 6.54 Å². The highest BCUT2D eigenvalue weighted by molar-refractivity contribution is 5.93. The molecule has 3 aromatic rings. The van der Waals surface area contributed by atoms with E-state index in [1.807, 2.05) is 31.2 Å². The van der Waals surface area contributed by atoms with E-state index in [2.05, 4.69) is 5.32 Å². The summed E-state index contributed by atoms with van der Waals surface area (Å²) in [5.74, 6) is -0.562. The number of nitrogens with one attached hydrogen (secondary N) is 1. The zero-order valence-electron chi connectivity index (χ0n) is 16.6. The number of hydrogen-bond donors (Lipinski definition) is 1. The first-order chi connectivity index (χ1) is 14.2. The highest BCUT2D eigenvalue weighted by Gasteiger charge is 2.30.